The molecule has 0 spiro atoms. The van der Waals surface area contributed by atoms with Crippen molar-refractivity contribution in [2.75, 3.05) is 6.54 Å². The number of sulfonamides is 1. The van der Waals surface area contributed by atoms with Gasteiger partial charge in [-0.05, 0) is 25.0 Å². The number of hydrogen-bond donors (Lipinski definition) is 0. The molecule has 2 aromatic rings. The van der Waals surface area contributed by atoms with Crippen LogP contribution in [0.1, 0.15) is 19.3 Å². The highest BCUT2D eigenvalue weighted by atomic mass is 32.2. The molecule has 5 nitrogen and oxygen atoms in total. The average molecular weight is 304 g/mol. The molecule has 0 radical (unpaired) electrons. The molecular formula is C15H16N2O3S. The van der Waals surface area contributed by atoms with Crippen molar-refractivity contribution in [2.45, 2.75) is 30.2 Å². The van der Waals surface area contributed by atoms with Gasteiger partial charge in [-0.1, -0.05) is 18.6 Å². The van der Waals surface area contributed by atoms with Crippen molar-refractivity contribution < 1.29 is 13.2 Å². The van der Waals surface area contributed by atoms with Gasteiger partial charge in [0, 0.05) is 29.7 Å². The molecule has 0 amide bonds. The lowest BCUT2D eigenvalue weighted by molar-refractivity contribution is -0.111. The number of rotatable bonds is 3. The molecule has 1 atom stereocenters. The Hall–Kier alpha value is -1.79. The van der Waals surface area contributed by atoms with Crippen LogP contribution in [-0.2, 0) is 14.8 Å². The third-order valence-electron chi connectivity index (χ3n) is 3.88. The molecule has 1 aliphatic rings. The zero-order valence-corrected chi connectivity index (χ0v) is 12.3. The van der Waals surface area contributed by atoms with E-state index >= 15 is 0 Å². The van der Waals surface area contributed by atoms with Gasteiger partial charge in [0.2, 0.25) is 10.0 Å². The maximum Gasteiger partial charge on any atom is 0.244 e. The second-order valence-corrected chi connectivity index (χ2v) is 7.03. The number of aldehydes is 1. The molecule has 2 heterocycles. The summed E-state index contributed by atoms with van der Waals surface area (Å²) in [5.74, 6) is 0. The average Bonchev–Trinajstić information content (AvgIpc) is 2.54. The lowest BCUT2D eigenvalue weighted by Crippen LogP contribution is -2.44. The second kappa shape index (κ2) is 5.54. The number of carbonyl (C=O) groups excluding carboxylic acids is 1. The van der Waals surface area contributed by atoms with Crippen molar-refractivity contribution in [1.29, 1.82) is 0 Å². The van der Waals surface area contributed by atoms with Crippen LogP contribution in [-0.4, -0.2) is 36.6 Å². The van der Waals surface area contributed by atoms with E-state index in [0.717, 1.165) is 24.5 Å². The second-order valence-electron chi connectivity index (χ2n) is 5.17. The maximum atomic E-state index is 12.9. The van der Waals surface area contributed by atoms with Crippen LogP contribution < -0.4 is 0 Å². The highest BCUT2D eigenvalue weighted by Crippen LogP contribution is 2.29. The first kappa shape index (κ1) is 14.2. The summed E-state index contributed by atoms with van der Waals surface area (Å²) in [5, 5.41) is 1.42. The Labute approximate surface area is 123 Å². The molecule has 1 aliphatic heterocycles. The van der Waals surface area contributed by atoms with Gasteiger partial charge in [-0.15, -0.1) is 0 Å². The lowest BCUT2D eigenvalue weighted by atomic mass is 10.1. The van der Waals surface area contributed by atoms with E-state index in [1.165, 1.54) is 4.31 Å². The Morgan fingerprint density at radius 1 is 1.24 bits per heavy atom. The number of nitrogens with zero attached hydrogens (tertiary/aromatic N) is 2. The van der Waals surface area contributed by atoms with E-state index in [4.69, 9.17) is 0 Å². The van der Waals surface area contributed by atoms with Crippen molar-refractivity contribution in [3.8, 4) is 0 Å². The Bertz CT molecular complexity index is 768. The minimum atomic E-state index is -3.68. The van der Waals surface area contributed by atoms with Crippen LogP contribution in [0.15, 0.2) is 41.6 Å². The fraction of sp³-hybridized carbons (Fsp3) is 0.333. The Balaban J connectivity index is 2.14. The van der Waals surface area contributed by atoms with E-state index in [0.29, 0.717) is 18.4 Å². The Kier molecular flexibility index (Phi) is 3.73. The van der Waals surface area contributed by atoms with Crippen LogP contribution in [0, 0.1) is 0 Å². The largest absolute Gasteiger partial charge is 0.302 e. The summed E-state index contributed by atoms with van der Waals surface area (Å²) in [6.45, 7) is 0.396. The van der Waals surface area contributed by atoms with Crippen LogP contribution >= 0.6 is 0 Å². The van der Waals surface area contributed by atoms with Crippen molar-refractivity contribution >= 4 is 27.1 Å². The van der Waals surface area contributed by atoms with Crippen molar-refractivity contribution in [3.63, 3.8) is 0 Å². The molecule has 1 aromatic heterocycles. The van der Waals surface area contributed by atoms with Gasteiger partial charge in [0.1, 0.15) is 6.29 Å². The molecule has 1 saturated heterocycles. The first-order valence-corrected chi connectivity index (χ1v) is 8.38. The smallest absolute Gasteiger partial charge is 0.244 e. The van der Waals surface area contributed by atoms with Crippen LogP contribution in [0.2, 0.25) is 0 Å². The monoisotopic (exact) mass is 304 g/mol. The first-order chi connectivity index (χ1) is 10.1. The van der Waals surface area contributed by atoms with Gasteiger partial charge < -0.3 is 4.79 Å². The van der Waals surface area contributed by atoms with Gasteiger partial charge in [-0.3, -0.25) is 4.98 Å². The van der Waals surface area contributed by atoms with Crippen molar-refractivity contribution in [1.82, 2.24) is 9.29 Å². The molecule has 1 unspecified atom stereocenters. The van der Waals surface area contributed by atoms with E-state index in [-0.39, 0.29) is 4.90 Å². The SMILES string of the molecule is O=CC1CCCCN1S(=O)(=O)c1cccc2cnccc12. The van der Waals surface area contributed by atoms with Crippen LogP contribution in [0.4, 0.5) is 0 Å². The molecule has 3 rings (SSSR count). The molecule has 0 saturated carbocycles. The lowest BCUT2D eigenvalue weighted by Gasteiger charge is -2.31. The molecule has 6 heteroatoms. The van der Waals surface area contributed by atoms with E-state index in [2.05, 4.69) is 4.98 Å². The van der Waals surface area contributed by atoms with E-state index < -0.39 is 16.1 Å². The normalized spacial score (nSPS) is 20.5. The molecule has 0 N–H and O–H groups in total. The molecule has 0 bridgehead atoms. The predicted molar refractivity (Wildman–Crippen MR) is 79.3 cm³/mol. The molecule has 0 aliphatic carbocycles. The molecule has 1 fully saturated rings. The number of piperidine rings is 1. The summed E-state index contributed by atoms with van der Waals surface area (Å²) in [4.78, 5) is 15.5. The standard InChI is InChI=1S/C15H16N2O3S/c18-11-13-5-1-2-9-17(13)21(19,20)15-6-3-4-12-10-16-8-7-14(12)15/h3-4,6-8,10-11,13H,1-2,5,9H2. The summed E-state index contributed by atoms with van der Waals surface area (Å²) in [6.07, 6.45) is 6.22. The number of benzene rings is 1. The van der Waals surface area contributed by atoms with Crippen LogP contribution in [0.5, 0.6) is 0 Å². The van der Waals surface area contributed by atoms with E-state index in [9.17, 15) is 13.2 Å². The Morgan fingerprint density at radius 3 is 2.90 bits per heavy atom. The van der Waals surface area contributed by atoms with E-state index in [1.807, 2.05) is 6.07 Å². The number of pyridine rings is 1. The minimum Gasteiger partial charge on any atom is -0.302 e. The predicted octanol–water partition coefficient (Wildman–Crippen LogP) is 1.98. The summed E-state index contributed by atoms with van der Waals surface area (Å²) >= 11 is 0. The zero-order valence-electron chi connectivity index (χ0n) is 11.5. The summed E-state index contributed by atoms with van der Waals surface area (Å²) < 4.78 is 27.2. The third kappa shape index (κ3) is 2.45. The van der Waals surface area contributed by atoms with Crippen LogP contribution in [0.25, 0.3) is 10.8 Å². The maximum absolute atomic E-state index is 12.9. The molecule has 21 heavy (non-hydrogen) atoms. The zero-order chi connectivity index (χ0) is 14.9. The highest BCUT2D eigenvalue weighted by molar-refractivity contribution is 7.89. The fourth-order valence-corrected chi connectivity index (χ4v) is 4.66. The van der Waals surface area contributed by atoms with Crippen LogP contribution in [0.3, 0.4) is 0 Å². The minimum absolute atomic E-state index is 0.246. The third-order valence-corrected chi connectivity index (χ3v) is 5.87. The van der Waals surface area contributed by atoms with Crippen molar-refractivity contribution in [2.24, 2.45) is 0 Å². The summed E-state index contributed by atoms with van der Waals surface area (Å²) in [5.41, 5.74) is 0. The van der Waals surface area contributed by atoms with Gasteiger partial charge in [0.05, 0.1) is 10.9 Å². The van der Waals surface area contributed by atoms with Gasteiger partial charge in [-0.2, -0.15) is 4.31 Å². The fourth-order valence-electron chi connectivity index (χ4n) is 2.81. The molecular weight excluding hydrogens is 288 g/mol. The highest BCUT2D eigenvalue weighted by Gasteiger charge is 2.34. The van der Waals surface area contributed by atoms with Gasteiger partial charge >= 0.3 is 0 Å². The first-order valence-electron chi connectivity index (χ1n) is 6.94. The van der Waals surface area contributed by atoms with Gasteiger partial charge in [0.15, 0.2) is 0 Å². The summed E-state index contributed by atoms with van der Waals surface area (Å²) in [6, 6.07) is 6.27. The number of fused-ring (bicyclic) bond motifs is 1. The Morgan fingerprint density at radius 2 is 2.10 bits per heavy atom. The summed E-state index contributed by atoms with van der Waals surface area (Å²) in [7, 11) is -3.68. The van der Waals surface area contributed by atoms with E-state index in [1.54, 1.807) is 30.6 Å². The number of aromatic nitrogens is 1. The van der Waals surface area contributed by atoms with Gasteiger partial charge in [0.25, 0.3) is 0 Å². The number of hydrogen-bond acceptors (Lipinski definition) is 4. The molecule has 110 valence electrons. The molecule has 1 aromatic carbocycles. The topological polar surface area (TPSA) is 67.3 Å². The quantitative estimate of drug-likeness (QED) is 0.813. The number of carbonyl (C=O) groups is 1. The van der Waals surface area contributed by atoms with Gasteiger partial charge in [-0.25, -0.2) is 8.42 Å². The van der Waals surface area contributed by atoms with Crippen molar-refractivity contribution in [3.05, 3.63) is 36.7 Å².